The van der Waals surface area contributed by atoms with Crippen LogP contribution in [-0.4, -0.2) is 11.2 Å². The lowest BCUT2D eigenvalue weighted by molar-refractivity contribution is -0.112. The first kappa shape index (κ1) is 11.9. The highest BCUT2D eigenvalue weighted by molar-refractivity contribution is 6.28. The molecule has 0 radical (unpaired) electrons. The van der Waals surface area contributed by atoms with Gasteiger partial charge in [0.25, 0.3) is 0 Å². The van der Waals surface area contributed by atoms with E-state index in [2.05, 4.69) is 0 Å². The first-order valence-corrected chi connectivity index (χ1v) is 4.64. The van der Waals surface area contributed by atoms with Crippen molar-refractivity contribution in [2.75, 3.05) is 0 Å². The molecule has 0 aliphatic rings. The maximum Gasteiger partial charge on any atom is 0.348 e. The molecule has 0 saturated heterocycles. The quantitative estimate of drug-likeness (QED) is 0.574. The van der Waals surface area contributed by atoms with Crippen LogP contribution in [0.25, 0.3) is 5.57 Å². The normalized spacial score (nSPS) is 12.7. The molecule has 0 saturated carbocycles. The van der Waals surface area contributed by atoms with Crippen molar-refractivity contribution < 1.29 is 13.6 Å². The number of allylic oxidation sites excluding steroid dienone is 2. The molecule has 4 heteroatoms. The summed E-state index contributed by atoms with van der Waals surface area (Å²) in [5, 5.41) is -3.53. The van der Waals surface area contributed by atoms with Crippen LogP contribution >= 0.6 is 11.6 Å². The Balaban J connectivity index is 3.20. The van der Waals surface area contributed by atoms with E-state index in [9.17, 15) is 13.6 Å². The van der Waals surface area contributed by atoms with Crippen LogP contribution in [0.1, 0.15) is 12.5 Å². The molecule has 0 spiro atoms. The van der Waals surface area contributed by atoms with Gasteiger partial charge in [0.15, 0.2) is 5.78 Å². The Hall–Kier alpha value is -1.22. The van der Waals surface area contributed by atoms with Crippen LogP contribution in [0.2, 0.25) is 0 Å². The summed E-state index contributed by atoms with van der Waals surface area (Å²) in [4.78, 5) is 10.8. The number of ketones is 1. The van der Waals surface area contributed by atoms with E-state index in [1.54, 1.807) is 18.2 Å². The minimum atomic E-state index is -3.53. The second kappa shape index (κ2) is 4.53. The van der Waals surface area contributed by atoms with Crippen LogP contribution in [0.5, 0.6) is 0 Å². The lowest BCUT2D eigenvalue weighted by Gasteiger charge is -2.12. The maximum atomic E-state index is 13.0. The van der Waals surface area contributed by atoms with Gasteiger partial charge in [-0.2, -0.15) is 8.78 Å². The van der Waals surface area contributed by atoms with Crippen LogP contribution in [0.3, 0.4) is 0 Å². The fourth-order valence-corrected chi connectivity index (χ4v) is 1.31. The van der Waals surface area contributed by atoms with E-state index in [0.717, 1.165) is 6.08 Å². The molecule has 1 nitrogen and oxygen atoms in total. The molecule has 0 aliphatic heterocycles. The summed E-state index contributed by atoms with van der Waals surface area (Å²) < 4.78 is 26.0. The molecule has 0 aromatic heterocycles. The van der Waals surface area contributed by atoms with Crippen molar-refractivity contribution in [3.8, 4) is 0 Å². The summed E-state index contributed by atoms with van der Waals surface area (Å²) in [6, 6.07) is 7.86. The van der Waals surface area contributed by atoms with Gasteiger partial charge in [0.1, 0.15) is 0 Å². The van der Waals surface area contributed by atoms with Crippen molar-refractivity contribution in [1.82, 2.24) is 0 Å². The average molecular weight is 231 g/mol. The fourth-order valence-electron chi connectivity index (χ4n) is 1.15. The minimum absolute atomic E-state index is 0.243. The van der Waals surface area contributed by atoms with Crippen LogP contribution in [0.15, 0.2) is 36.4 Å². The Morgan fingerprint density at radius 3 is 2.27 bits per heavy atom. The van der Waals surface area contributed by atoms with Gasteiger partial charge < -0.3 is 0 Å². The smallest absolute Gasteiger partial charge is 0.295 e. The molecule has 1 aromatic rings. The number of carbonyl (C=O) groups is 1. The van der Waals surface area contributed by atoms with E-state index < -0.39 is 16.7 Å². The zero-order valence-corrected chi connectivity index (χ0v) is 8.76. The van der Waals surface area contributed by atoms with Gasteiger partial charge in [0, 0.05) is 5.57 Å². The van der Waals surface area contributed by atoms with Crippen LogP contribution < -0.4 is 0 Å². The van der Waals surface area contributed by atoms with Gasteiger partial charge in [0.05, 0.1) is 0 Å². The largest absolute Gasteiger partial charge is 0.348 e. The molecule has 0 amide bonds. The number of rotatable bonds is 3. The molecule has 1 rings (SSSR count). The van der Waals surface area contributed by atoms with Gasteiger partial charge in [0.2, 0.25) is 0 Å². The standard InChI is InChI=1S/C11H9ClF2O/c1-8(15)7-10(11(12,13)14)9-5-3-2-4-6-9/h2-7H,1H3/b10-7+. The highest BCUT2D eigenvalue weighted by Crippen LogP contribution is 2.35. The van der Waals surface area contributed by atoms with E-state index in [1.165, 1.54) is 19.1 Å². The van der Waals surface area contributed by atoms with Crippen molar-refractivity contribution in [2.24, 2.45) is 0 Å². The predicted octanol–water partition coefficient (Wildman–Crippen LogP) is 3.49. The third-order valence-electron chi connectivity index (χ3n) is 1.74. The molecule has 0 atom stereocenters. The van der Waals surface area contributed by atoms with E-state index in [0.29, 0.717) is 0 Å². The van der Waals surface area contributed by atoms with E-state index in [1.807, 2.05) is 0 Å². The van der Waals surface area contributed by atoms with Crippen molar-refractivity contribution in [3.05, 3.63) is 42.0 Å². The molecule has 80 valence electrons. The molecule has 0 bridgehead atoms. The lowest BCUT2D eigenvalue weighted by atomic mass is 10.1. The summed E-state index contributed by atoms with van der Waals surface area (Å²) in [7, 11) is 0. The second-order valence-electron chi connectivity index (χ2n) is 3.03. The predicted molar refractivity (Wildman–Crippen MR) is 55.9 cm³/mol. The third kappa shape index (κ3) is 3.44. The number of benzene rings is 1. The Bertz CT molecular complexity index is 379. The number of carbonyl (C=O) groups excluding carboxylic acids is 1. The molecule has 1 aromatic carbocycles. The Labute approximate surface area is 91.4 Å². The van der Waals surface area contributed by atoms with E-state index in [-0.39, 0.29) is 5.56 Å². The van der Waals surface area contributed by atoms with Crippen LogP contribution in [-0.2, 0) is 4.79 Å². The van der Waals surface area contributed by atoms with Crippen LogP contribution in [0.4, 0.5) is 8.78 Å². The molecule has 0 fully saturated rings. The van der Waals surface area contributed by atoms with Gasteiger partial charge in [-0.3, -0.25) is 4.79 Å². The Morgan fingerprint density at radius 2 is 1.87 bits per heavy atom. The SMILES string of the molecule is CC(=O)/C=C(\c1ccccc1)C(F)(F)Cl. The minimum Gasteiger partial charge on any atom is -0.295 e. The van der Waals surface area contributed by atoms with Crippen LogP contribution in [0, 0.1) is 0 Å². The fraction of sp³-hybridized carbons (Fsp3) is 0.182. The van der Waals surface area contributed by atoms with Gasteiger partial charge in [-0.15, -0.1) is 0 Å². The van der Waals surface area contributed by atoms with E-state index >= 15 is 0 Å². The molecule has 0 heterocycles. The first-order valence-electron chi connectivity index (χ1n) is 4.26. The number of hydrogen-bond donors (Lipinski definition) is 0. The Kier molecular flexibility index (Phi) is 3.58. The second-order valence-corrected chi connectivity index (χ2v) is 3.51. The molecular formula is C11H9ClF2O. The van der Waals surface area contributed by atoms with Crippen molar-refractivity contribution in [3.63, 3.8) is 0 Å². The van der Waals surface area contributed by atoms with Crippen molar-refractivity contribution in [2.45, 2.75) is 12.3 Å². The average Bonchev–Trinajstić information content (AvgIpc) is 2.14. The van der Waals surface area contributed by atoms with Gasteiger partial charge in [-0.1, -0.05) is 30.3 Å². The molecular weight excluding hydrogens is 222 g/mol. The summed E-state index contributed by atoms with van der Waals surface area (Å²) in [6.07, 6.45) is 0.850. The van der Waals surface area contributed by atoms with E-state index in [4.69, 9.17) is 11.6 Å². The van der Waals surface area contributed by atoms with Gasteiger partial charge in [-0.25, -0.2) is 0 Å². The zero-order valence-electron chi connectivity index (χ0n) is 8.01. The third-order valence-corrected chi connectivity index (χ3v) is 1.94. The summed E-state index contributed by atoms with van der Waals surface area (Å²) >= 11 is 4.92. The summed E-state index contributed by atoms with van der Waals surface area (Å²) in [5.74, 6) is -0.464. The van der Waals surface area contributed by atoms with Gasteiger partial charge in [-0.05, 0) is 30.2 Å². The first-order chi connectivity index (χ1) is 6.91. The molecule has 0 aliphatic carbocycles. The zero-order chi connectivity index (χ0) is 11.5. The topological polar surface area (TPSA) is 17.1 Å². The molecule has 0 N–H and O–H groups in total. The summed E-state index contributed by atoms with van der Waals surface area (Å²) in [6.45, 7) is 1.20. The monoisotopic (exact) mass is 230 g/mol. The summed E-state index contributed by atoms with van der Waals surface area (Å²) in [5.41, 5.74) is -0.232. The number of hydrogen-bond acceptors (Lipinski definition) is 1. The van der Waals surface area contributed by atoms with Gasteiger partial charge >= 0.3 is 5.38 Å². The lowest BCUT2D eigenvalue weighted by Crippen LogP contribution is -2.10. The maximum absolute atomic E-state index is 13.0. The highest BCUT2D eigenvalue weighted by atomic mass is 35.5. The number of halogens is 3. The highest BCUT2D eigenvalue weighted by Gasteiger charge is 2.32. The molecule has 0 unspecified atom stereocenters. The Morgan fingerprint density at radius 1 is 1.33 bits per heavy atom. The number of alkyl halides is 3. The van der Waals surface area contributed by atoms with Crippen molar-refractivity contribution >= 4 is 23.0 Å². The van der Waals surface area contributed by atoms with Crippen molar-refractivity contribution in [1.29, 1.82) is 0 Å². The molecule has 15 heavy (non-hydrogen) atoms.